The van der Waals surface area contributed by atoms with Gasteiger partial charge in [0.25, 0.3) is 5.91 Å². The van der Waals surface area contributed by atoms with Gasteiger partial charge < -0.3 is 0 Å². The molecule has 0 bridgehead atoms. The van der Waals surface area contributed by atoms with E-state index in [-0.39, 0.29) is 5.91 Å². The number of hydrogen-bond donors (Lipinski definition) is 1. The normalized spacial score (nSPS) is 10.7. The third-order valence-corrected chi connectivity index (χ3v) is 3.99. The van der Waals surface area contributed by atoms with Crippen LogP contribution in [-0.4, -0.2) is 22.8 Å². The molecule has 1 aromatic heterocycles. The zero-order chi connectivity index (χ0) is 17.8. The zero-order valence-corrected chi connectivity index (χ0v) is 14.6. The van der Waals surface area contributed by atoms with E-state index in [0.717, 1.165) is 16.7 Å². The Morgan fingerprint density at radius 3 is 2.24 bits per heavy atom. The van der Waals surface area contributed by atoms with E-state index >= 15 is 0 Å². The van der Waals surface area contributed by atoms with Crippen molar-refractivity contribution in [1.82, 2.24) is 15.3 Å². The standard InChI is InChI=1S/C20H21N3O2/c1-14-4-8-16(9-5-14)12-23-13-18(20(24)22-25-3)19(21-23)17-10-6-15(2)7-11-17/h4-11,13H,12H2,1-3H3,(H,22,24). The highest BCUT2D eigenvalue weighted by molar-refractivity contribution is 5.99. The van der Waals surface area contributed by atoms with E-state index < -0.39 is 0 Å². The SMILES string of the molecule is CONC(=O)c1cn(Cc2ccc(C)cc2)nc1-c1ccc(C)cc1. The van der Waals surface area contributed by atoms with Crippen molar-refractivity contribution in [2.75, 3.05) is 7.11 Å². The number of aromatic nitrogens is 2. The third-order valence-electron chi connectivity index (χ3n) is 3.99. The maximum Gasteiger partial charge on any atom is 0.278 e. The Balaban J connectivity index is 1.97. The van der Waals surface area contributed by atoms with E-state index in [2.05, 4.69) is 41.8 Å². The summed E-state index contributed by atoms with van der Waals surface area (Å²) in [4.78, 5) is 17.1. The Morgan fingerprint density at radius 2 is 1.64 bits per heavy atom. The molecule has 128 valence electrons. The number of benzene rings is 2. The van der Waals surface area contributed by atoms with Gasteiger partial charge in [0, 0.05) is 11.8 Å². The van der Waals surface area contributed by atoms with Crippen molar-refractivity contribution in [2.24, 2.45) is 0 Å². The van der Waals surface area contributed by atoms with Crippen molar-refractivity contribution in [3.05, 3.63) is 77.0 Å². The van der Waals surface area contributed by atoms with Crippen LogP contribution in [0.25, 0.3) is 11.3 Å². The van der Waals surface area contributed by atoms with E-state index in [1.807, 2.05) is 31.2 Å². The number of amides is 1. The summed E-state index contributed by atoms with van der Waals surface area (Å²) in [7, 11) is 1.42. The first kappa shape index (κ1) is 16.9. The summed E-state index contributed by atoms with van der Waals surface area (Å²) in [5.41, 5.74) is 7.90. The number of nitrogens with zero attached hydrogens (tertiary/aromatic N) is 2. The third kappa shape index (κ3) is 3.95. The number of hydrogen-bond acceptors (Lipinski definition) is 3. The summed E-state index contributed by atoms with van der Waals surface area (Å²) in [6.07, 6.45) is 1.75. The van der Waals surface area contributed by atoms with Crippen molar-refractivity contribution in [2.45, 2.75) is 20.4 Å². The summed E-state index contributed by atoms with van der Waals surface area (Å²) in [5.74, 6) is -0.312. The average molecular weight is 335 g/mol. The Morgan fingerprint density at radius 1 is 1.04 bits per heavy atom. The molecule has 0 aliphatic rings. The van der Waals surface area contributed by atoms with Gasteiger partial charge in [-0.25, -0.2) is 5.48 Å². The highest BCUT2D eigenvalue weighted by Gasteiger charge is 2.18. The van der Waals surface area contributed by atoms with Crippen molar-refractivity contribution in [3.63, 3.8) is 0 Å². The summed E-state index contributed by atoms with van der Waals surface area (Å²) >= 11 is 0. The van der Waals surface area contributed by atoms with Crippen molar-refractivity contribution in [3.8, 4) is 11.3 Å². The van der Waals surface area contributed by atoms with Gasteiger partial charge in [-0.1, -0.05) is 59.7 Å². The predicted octanol–water partition coefficient (Wildman–Crippen LogP) is 3.51. The minimum absolute atomic E-state index is 0.312. The lowest BCUT2D eigenvalue weighted by molar-refractivity contribution is 0.0538. The first-order valence-corrected chi connectivity index (χ1v) is 8.10. The van der Waals surface area contributed by atoms with Gasteiger partial charge in [-0.3, -0.25) is 14.3 Å². The van der Waals surface area contributed by atoms with Crippen LogP contribution in [0, 0.1) is 13.8 Å². The molecular formula is C20H21N3O2. The molecule has 1 amide bonds. The maximum absolute atomic E-state index is 12.3. The highest BCUT2D eigenvalue weighted by Crippen LogP contribution is 2.23. The molecule has 0 spiro atoms. The predicted molar refractivity (Wildman–Crippen MR) is 97.2 cm³/mol. The second-order valence-corrected chi connectivity index (χ2v) is 6.08. The fourth-order valence-corrected chi connectivity index (χ4v) is 2.62. The Hall–Kier alpha value is -2.92. The summed E-state index contributed by atoms with van der Waals surface area (Å²) in [5, 5.41) is 4.63. The molecule has 5 nitrogen and oxygen atoms in total. The van der Waals surface area contributed by atoms with Gasteiger partial charge >= 0.3 is 0 Å². The second kappa shape index (κ2) is 7.32. The topological polar surface area (TPSA) is 56.1 Å². The van der Waals surface area contributed by atoms with Crippen LogP contribution in [0.3, 0.4) is 0 Å². The van der Waals surface area contributed by atoms with Crippen LogP contribution in [0.2, 0.25) is 0 Å². The summed E-state index contributed by atoms with van der Waals surface area (Å²) in [6, 6.07) is 16.2. The number of rotatable bonds is 5. The lowest BCUT2D eigenvalue weighted by Gasteiger charge is -2.03. The molecule has 3 rings (SSSR count). The molecule has 0 radical (unpaired) electrons. The van der Waals surface area contributed by atoms with Crippen LogP contribution < -0.4 is 5.48 Å². The Bertz CT molecular complexity index is 865. The molecule has 25 heavy (non-hydrogen) atoms. The molecular weight excluding hydrogens is 314 g/mol. The number of carbonyl (C=O) groups is 1. The fraction of sp³-hybridized carbons (Fsp3) is 0.200. The van der Waals surface area contributed by atoms with E-state index in [0.29, 0.717) is 17.8 Å². The molecule has 5 heteroatoms. The van der Waals surface area contributed by atoms with Crippen LogP contribution in [0.5, 0.6) is 0 Å². The van der Waals surface area contributed by atoms with Crippen LogP contribution in [0.15, 0.2) is 54.7 Å². The number of hydroxylamine groups is 1. The lowest BCUT2D eigenvalue weighted by Crippen LogP contribution is -2.21. The second-order valence-electron chi connectivity index (χ2n) is 6.08. The van der Waals surface area contributed by atoms with Crippen molar-refractivity contribution >= 4 is 5.91 Å². The van der Waals surface area contributed by atoms with Gasteiger partial charge in [0.2, 0.25) is 0 Å². The molecule has 0 saturated heterocycles. The van der Waals surface area contributed by atoms with Gasteiger partial charge in [0.15, 0.2) is 0 Å². The molecule has 0 saturated carbocycles. The molecule has 0 aliphatic heterocycles. The minimum Gasteiger partial charge on any atom is -0.277 e. The number of carbonyl (C=O) groups excluding carboxylic acids is 1. The van der Waals surface area contributed by atoms with Crippen LogP contribution in [0.4, 0.5) is 0 Å². The molecule has 0 aliphatic carbocycles. The molecule has 0 atom stereocenters. The first-order chi connectivity index (χ1) is 12.1. The van der Waals surface area contributed by atoms with Gasteiger partial charge in [-0.2, -0.15) is 5.10 Å². The van der Waals surface area contributed by atoms with Crippen LogP contribution >= 0.6 is 0 Å². The minimum atomic E-state index is -0.312. The Labute approximate surface area is 147 Å². The fourth-order valence-electron chi connectivity index (χ4n) is 2.62. The van der Waals surface area contributed by atoms with Crippen molar-refractivity contribution < 1.29 is 9.63 Å². The first-order valence-electron chi connectivity index (χ1n) is 8.10. The maximum atomic E-state index is 12.3. The quantitative estimate of drug-likeness (QED) is 0.726. The number of nitrogens with one attached hydrogen (secondary N) is 1. The summed E-state index contributed by atoms with van der Waals surface area (Å²) in [6.45, 7) is 4.68. The molecule has 1 heterocycles. The molecule has 0 fully saturated rings. The van der Waals surface area contributed by atoms with E-state index in [1.165, 1.54) is 12.7 Å². The zero-order valence-electron chi connectivity index (χ0n) is 14.6. The summed E-state index contributed by atoms with van der Waals surface area (Å²) < 4.78 is 1.78. The molecule has 0 unspecified atom stereocenters. The highest BCUT2D eigenvalue weighted by atomic mass is 16.6. The van der Waals surface area contributed by atoms with Gasteiger partial charge in [-0.05, 0) is 19.4 Å². The van der Waals surface area contributed by atoms with E-state index in [9.17, 15) is 4.79 Å². The molecule has 1 N–H and O–H groups in total. The lowest BCUT2D eigenvalue weighted by atomic mass is 10.1. The number of aryl methyl sites for hydroxylation is 2. The van der Waals surface area contributed by atoms with Crippen LogP contribution in [0.1, 0.15) is 27.0 Å². The van der Waals surface area contributed by atoms with Crippen LogP contribution in [-0.2, 0) is 11.4 Å². The van der Waals surface area contributed by atoms with E-state index in [4.69, 9.17) is 4.84 Å². The van der Waals surface area contributed by atoms with Gasteiger partial charge in [0.1, 0.15) is 5.69 Å². The van der Waals surface area contributed by atoms with Crippen molar-refractivity contribution in [1.29, 1.82) is 0 Å². The van der Waals surface area contributed by atoms with E-state index in [1.54, 1.807) is 10.9 Å². The monoisotopic (exact) mass is 335 g/mol. The Kier molecular flexibility index (Phi) is 4.95. The van der Waals surface area contributed by atoms with Gasteiger partial charge in [-0.15, -0.1) is 0 Å². The molecule has 2 aromatic carbocycles. The smallest absolute Gasteiger partial charge is 0.277 e. The van der Waals surface area contributed by atoms with Gasteiger partial charge in [0.05, 0.1) is 19.2 Å². The molecule has 3 aromatic rings. The average Bonchev–Trinajstić information content (AvgIpc) is 3.02. The largest absolute Gasteiger partial charge is 0.278 e.